The first-order valence-corrected chi connectivity index (χ1v) is 9.30. The highest BCUT2D eigenvalue weighted by Gasteiger charge is 2.33. The average molecular weight is 382 g/mol. The second-order valence-corrected chi connectivity index (χ2v) is 7.07. The van der Waals surface area contributed by atoms with Gasteiger partial charge in [-0.2, -0.15) is 0 Å². The molecule has 1 saturated heterocycles. The molecule has 2 amide bonds. The van der Waals surface area contributed by atoms with Crippen LogP contribution in [0.4, 0.5) is 10.5 Å². The molecule has 0 radical (unpaired) electrons. The summed E-state index contributed by atoms with van der Waals surface area (Å²) in [5, 5.41) is 11.8. The van der Waals surface area contributed by atoms with E-state index in [0.29, 0.717) is 17.3 Å². The van der Waals surface area contributed by atoms with Crippen LogP contribution in [0.5, 0.6) is 0 Å². The number of hydrogen-bond acceptors (Lipinski definition) is 3. The van der Waals surface area contributed by atoms with Crippen LogP contribution >= 0.6 is 11.6 Å². The normalized spacial score (nSPS) is 16.5. The quantitative estimate of drug-likeness (QED) is 0.721. The van der Waals surface area contributed by atoms with Gasteiger partial charge in [-0.15, -0.1) is 10.2 Å². The maximum Gasteiger partial charge on any atom is 0.322 e. The molecule has 1 aliphatic heterocycles. The number of aryl methyl sites for hydroxylation is 1. The van der Waals surface area contributed by atoms with Crippen LogP contribution in [-0.2, 0) is 0 Å². The first-order valence-electron chi connectivity index (χ1n) is 8.92. The van der Waals surface area contributed by atoms with Gasteiger partial charge in [0, 0.05) is 12.2 Å². The Hall–Kier alpha value is -2.86. The number of anilines is 1. The van der Waals surface area contributed by atoms with E-state index >= 15 is 0 Å². The fourth-order valence-corrected chi connectivity index (χ4v) is 3.73. The average Bonchev–Trinajstić information content (AvgIpc) is 3.33. The molecule has 1 aromatic heterocycles. The molecule has 1 unspecified atom stereocenters. The van der Waals surface area contributed by atoms with Crippen LogP contribution in [0.3, 0.4) is 0 Å². The van der Waals surface area contributed by atoms with Crippen molar-refractivity contribution < 1.29 is 4.79 Å². The number of halogens is 1. The van der Waals surface area contributed by atoms with E-state index in [1.165, 1.54) is 0 Å². The molecule has 6 nitrogen and oxygen atoms in total. The number of likely N-dealkylation sites (tertiary alicyclic amines) is 1. The van der Waals surface area contributed by atoms with Gasteiger partial charge < -0.3 is 10.2 Å². The minimum Gasteiger partial charge on any atom is -0.314 e. The summed E-state index contributed by atoms with van der Waals surface area (Å²) < 4.78 is 1.94. The third-order valence-electron chi connectivity index (χ3n) is 4.79. The molecule has 0 spiro atoms. The molecule has 2 heterocycles. The van der Waals surface area contributed by atoms with Crippen molar-refractivity contribution in [3.63, 3.8) is 0 Å². The largest absolute Gasteiger partial charge is 0.322 e. The van der Waals surface area contributed by atoms with Crippen LogP contribution in [0, 0.1) is 6.92 Å². The number of urea groups is 1. The molecule has 4 rings (SSSR count). The number of rotatable bonds is 3. The van der Waals surface area contributed by atoms with Crippen LogP contribution in [0.2, 0.25) is 5.02 Å². The minimum absolute atomic E-state index is 0.128. The minimum atomic E-state index is -0.175. The Bertz CT molecular complexity index is 956. The molecule has 1 N–H and O–H groups in total. The van der Waals surface area contributed by atoms with Crippen LogP contribution < -0.4 is 5.32 Å². The molecule has 2 aromatic carbocycles. The molecule has 7 heteroatoms. The van der Waals surface area contributed by atoms with Crippen molar-refractivity contribution in [3.05, 3.63) is 71.3 Å². The van der Waals surface area contributed by atoms with E-state index in [-0.39, 0.29) is 12.1 Å². The molecule has 1 atom stereocenters. The standard InChI is InChI=1S/C20H20ClN5O/c1-14-9-10-17(16(21)12-14)23-20(27)25-11-5-8-18(25)19-24-22-13-26(19)15-6-3-2-4-7-15/h2-4,6-7,9-10,12-13,18H,5,8,11H2,1H3,(H,23,27). The highest BCUT2D eigenvalue weighted by Crippen LogP contribution is 2.33. The SMILES string of the molecule is Cc1ccc(NC(=O)N2CCCC2c2nncn2-c2ccccc2)c(Cl)c1. The van der Waals surface area contributed by atoms with E-state index in [9.17, 15) is 4.79 Å². The number of nitrogens with zero attached hydrogens (tertiary/aromatic N) is 4. The van der Waals surface area contributed by atoms with Crippen LogP contribution in [0.15, 0.2) is 54.9 Å². The third kappa shape index (κ3) is 3.53. The summed E-state index contributed by atoms with van der Waals surface area (Å²) >= 11 is 6.26. The van der Waals surface area contributed by atoms with Crippen molar-refractivity contribution in [2.24, 2.45) is 0 Å². The lowest BCUT2D eigenvalue weighted by Crippen LogP contribution is -2.35. The number of benzene rings is 2. The van der Waals surface area contributed by atoms with Gasteiger partial charge in [0.05, 0.1) is 16.8 Å². The van der Waals surface area contributed by atoms with E-state index < -0.39 is 0 Å². The van der Waals surface area contributed by atoms with E-state index in [0.717, 1.165) is 29.9 Å². The Balaban J connectivity index is 1.58. The van der Waals surface area contributed by atoms with Crippen molar-refractivity contribution in [2.75, 3.05) is 11.9 Å². The van der Waals surface area contributed by atoms with Gasteiger partial charge in [0.1, 0.15) is 6.33 Å². The van der Waals surface area contributed by atoms with Crippen molar-refractivity contribution in [2.45, 2.75) is 25.8 Å². The Morgan fingerprint density at radius 2 is 2.04 bits per heavy atom. The Morgan fingerprint density at radius 1 is 1.22 bits per heavy atom. The number of carbonyl (C=O) groups excluding carboxylic acids is 1. The van der Waals surface area contributed by atoms with E-state index in [2.05, 4.69) is 15.5 Å². The topological polar surface area (TPSA) is 63.1 Å². The molecule has 1 fully saturated rings. The molecule has 0 bridgehead atoms. The van der Waals surface area contributed by atoms with Gasteiger partial charge in [0.15, 0.2) is 5.82 Å². The van der Waals surface area contributed by atoms with Gasteiger partial charge in [-0.05, 0) is 49.6 Å². The molecule has 138 valence electrons. The number of carbonyl (C=O) groups is 1. The number of para-hydroxylation sites is 1. The second-order valence-electron chi connectivity index (χ2n) is 6.66. The highest BCUT2D eigenvalue weighted by atomic mass is 35.5. The molecule has 1 aliphatic rings. The Kier molecular flexibility index (Phi) is 4.81. The molecule has 0 aliphatic carbocycles. The van der Waals surface area contributed by atoms with Crippen molar-refractivity contribution in [1.29, 1.82) is 0 Å². The number of hydrogen-bond donors (Lipinski definition) is 1. The number of aromatic nitrogens is 3. The predicted octanol–water partition coefficient (Wildman–Crippen LogP) is 4.60. The Labute approximate surface area is 162 Å². The summed E-state index contributed by atoms with van der Waals surface area (Å²) in [4.78, 5) is 14.7. The maximum atomic E-state index is 12.9. The van der Waals surface area contributed by atoms with Crippen molar-refractivity contribution in [1.82, 2.24) is 19.7 Å². The zero-order valence-corrected chi connectivity index (χ0v) is 15.7. The summed E-state index contributed by atoms with van der Waals surface area (Å²) in [5.74, 6) is 0.767. The predicted molar refractivity (Wildman–Crippen MR) is 105 cm³/mol. The molecular weight excluding hydrogens is 362 g/mol. The monoisotopic (exact) mass is 381 g/mol. The first kappa shape index (κ1) is 17.5. The van der Waals surface area contributed by atoms with Crippen LogP contribution in [-0.4, -0.2) is 32.2 Å². The summed E-state index contributed by atoms with van der Waals surface area (Å²) in [5.41, 5.74) is 2.64. The maximum absolute atomic E-state index is 12.9. The first-order chi connectivity index (χ1) is 13.1. The van der Waals surface area contributed by atoms with Gasteiger partial charge in [0.2, 0.25) is 0 Å². The van der Waals surface area contributed by atoms with Gasteiger partial charge in [-0.25, -0.2) is 4.79 Å². The van der Waals surface area contributed by atoms with Crippen molar-refractivity contribution >= 4 is 23.3 Å². The summed E-state index contributed by atoms with van der Waals surface area (Å²) in [7, 11) is 0. The molecular formula is C20H20ClN5O. The fourth-order valence-electron chi connectivity index (χ4n) is 3.45. The summed E-state index contributed by atoms with van der Waals surface area (Å²) in [6.45, 7) is 2.63. The van der Waals surface area contributed by atoms with Crippen LogP contribution in [0.25, 0.3) is 5.69 Å². The fraction of sp³-hybridized carbons (Fsp3) is 0.250. The number of nitrogens with one attached hydrogen (secondary N) is 1. The van der Waals surface area contributed by atoms with Gasteiger partial charge in [0.25, 0.3) is 0 Å². The highest BCUT2D eigenvalue weighted by molar-refractivity contribution is 6.33. The van der Waals surface area contributed by atoms with E-state index in [1.807, 2.05) is 60.0 Å². The molecule has 27 heavy (non-hydrogen) atoms. The summed E-state index contributed by atoms with van der Waals surface area (Å²) in [6.07, 6.45) is 3.46. The summed E-state index contributed by atoms with van der Waals surface area (Å²) in [6, 6.07) is 15.2. The Morgan fingerprint density at radius 3 is 2.81 bits per heavy atom. The second kappa shape index (κ2) is 7.40. The lowest BCUT2D eigenvalue weighted by atomic mass is 10.2. The third-order valence-corrected chi connectivity index (χ3v) is 5.10. The van der Waals surface area contributed by atoms with Gasteiger partial charge in [-0.1, -0.05) is 35.9 Å². The van der Waals surface area contributed by atoms with E-state index in [1.54, 1.807) is 11.2 Å². The molecule has 0 saturated carbocycles. The lowest BCUT2D eigenvalue weighted by molar-refractivity contribution is 0.204. The smallest absolute Gasteiger partial charge is 0.314 e. The number of amides is 2. The van der Waals surface area contributed by atoms with Gasteiger partial charge >= 0.3 is 6.03 Å². The van der Waals surface area contributed by atoms with E-state index in [4.69, 9.17) is 11.6 Å². The molecule has 3 aromatic rings. The van der Waals surface area contributed by atoms with Crippen molar-refractivity contribution in [3.8, 4) is 5.69 Å². The zero-order valence-electron chi connectivity index (χ0n) is 15.0. The lowest BCUT2D eigenvalue weighted by Gasteiger charge is -2.25. The van der Waals surface area contributed by atoms with Gasteiger partial charge in [-0.3, -0.25) is 4.57 Å². The van der Waals surface area contributed by atoms with Crippen LogP contribution in [0.1, 0.15) is 30.3 Å². The zero-order chi connectivity index (χ0) is 18.8.